The lowest BCUT2D eigenvalue weighted by molar-refractivity contribution is 0.206. The standard InChI is InChI=1S/C19H29ClO/c1-13(2)21-16-8-6-7-15(12-16)19(4,5)17-10-9-14(3)11-18(17)20/h6-8,12-14,17-18H,9-11H2,1-5H3. The number of hydrogen-bond donors (Lipinski definition) is 0. The van der Waals surface area contributed by atoms with Crippen molar-refractivity contribution in [3.8, 4) is 5.75 Å². The number of ether oxygens (including phenoxy) is 1. The monoisotopic (exact) mass is 308 g/mol. The van der Waals surface area contributed by atoms with Crippen molar-refractivity contribution in [2.75, 3.05) is 0 Å². The van der Waals surface area contributed by atoms with E-state index in [0.717, 1.165) is 18.1 Å². The number of alkyl halides is 1. The Bertz CT molecular complexity index is 466. The largest absolute Gasteiger partial charge is 0.491 e. The van der Waals surface area contributed by atoms with Gasteiger partial charge in [0, 0.05) is 5.38 Å². The van der Waals surface area contributed by atoms with E-state index in [1.807, 2.05) is 6.07 Å². The van der Waals surface area contributed by atoms with Crippen molar-refractivity contribution in [3.63, 3.8) is 0 Å². The van der Waals surface area contributed by atoms with Gasteiger partial charge >= 0.3 is 0 Å². The molecule has 3 unspecified atom stereocenters. The van der Waals surface area contributed by atoms with Crippen molar-refractivity contribution >= 4 is 11.6 Å². The Labute approximate surface area is 135 Å². The number of rotatable bonds is 4. The Hall–Kier alpha value is -0.690. The molecule has 0 bridgehead atoms. The van der Waals surface area contributed by atoms with Crippen molar-refractivity contribution in [3.05, 3.63) is 29.8 Å². The lowest BCUT2D eigenvalue weighted by atomic mass is 9.65. The Kier molecular flexibility index (Phi) is 5.24. The summed E-state index contributed by atoms with van der Waals surface area (Å²) < 4.78 is 5.85. The lowest BCUT2D eigenvalue weighted by Crippen LogP contribution is -2.38. The van der Waals surface area contributed by atoms with Gasteiger partial charge < -0.3 is 4.74 Å². The molecule has 118 valence electrons. The molecule has 2 rings (SSSR count). The first-order valence-electron chi connectivity index (χ1n) is 8.22. The third-order valence-corrected chi connectivity index (χ3v) is 5.39. The van der Waals surface area contributed by atoms with Crippen molar-refractivity contribution in [2.24, 2.45) is 11.8 Å². The highest BCUT2D eigenvalue weighted by atomic mass is 35.5. The van der Waals surface area contributed by atoms with Gasteiger partial charge in [0.05, 0.1) is 6.10 Å². The minimum atomic E-state index is 0.0862. The minimum absolute atomic E-state index is 0.0862. The molecular formula is C19H29ClO. The lowest BCUT2D eigenvalue weighted by Gasteiger charge is -2.42. The van der Waals surface area contributed by atoms with Crippen LogP contribution < -0.4 is 4.74 Å². The zero-order valence-corrected chi connectivity index (χ0v) is 14.8. The molecule has 0 saturated heterocycles. The smallest absolute Gasteiger partial charge is 0.119 e. The fraction of sp³-hybridized carbons (Fsp3) is 0.684. The van der Waals surface area contributed by atoms with E-state index in [4.69, 9.17) is 16.3 Å². The van der Waals surface area contributed by atoms with E-state index in [-0.39, 0.29) is 16.9 Å². The van der Waals surface area contributed by atoms with Crippen LogP contribution in [0.3, 0.4) is 0 Å². The Morgan fingerprint density at radius 3 is 2.57 bits per heavy atom. The second kappa shape index (κ2) is 6.60. The van der Waals surface area contributed by atoms with Crippen LogP contribution in [-0.4, -0.2) is 11.5 Å². The van der Waals surface area contributed by atoms with Gasteiger partial charge in [0.1, 0.15) is 5.75 Å². The quantitative estimate of drug-likeness (QED) is 0.639. The molecule has 0 amide bonds. The van der Waals surface area contributed by atoms with Crippen LogP contribution in [0.5, 0.6) is 5.75 Å². The maximum atomic E-state index is 6.70. The van der Waals surface area contributed by atoms with E-state index in [2.05, 4.69) is 52.8 Å². The topological polar surface area (TPSA) is 9.23 Å². The molecule has 3 atom stereocenters. The summed E-state index contributed by atoms with van der Waals surface area (Å²) >= 11 is 6.70. The molecule has 0 N–H and O–H groups in total. The molecule has 21 heavy (non-hydrogen) atoms. The zero-order chi connectivity index (χ0) is 15.6. The zero-order valence-electron chi connectivity index (χ0n) is 14.0. The van der Waals surface area contributed by atoms with Gasteiger partial charge in [0.15, 0.2) is 0 Å². The van der Waals surface area contributed by atoms with Gasteiger partial charge in [-0.05, 0) is 61.6 Å². The van der Waals surface area contributed by atoms with Crippen LogP contribution in [0, 0.1) is 11.8 Å². The average molecular weight is 309 g/mol. The van der Waals surface area contributed by atoms with Crippen molar-refractivity contribution in [2.45, 2.75) is 70.8 Å². The summed E-state index contributed by atoms with van der Waals surface area (Å²) in [6.07, 6.45) is 3.86. The number of benzene rings is 1. The Balaban J connectivity index is 2.22. The molecule has 0 spiro atoms. The summed E-state index contributed by atoms with van der Waals surface area (Å²) in [7, 11) is 0. The molecule has 1 aliphatic carbocycles. The Morgan fingerprint density at radius 1 is 1.24 bits per heavy atom. The molecule has 1 saturated carbocycles. The maximum absolute atomic E-state index is 6.70. The molecule has 1 fully saturated rings. The van der Waals surface area contributed by atoms with E-state index in [1.165, 1.54) is 18.4 Å². The van der Waals surface area contributed by atoms with Crippen molar-refractivity contribution in [1.29, 1.82) is 0 Å². The normalized spacial score (nSPS) is 26.9. The van der Waals surface area contributed by atoms with Crippen LogP contribution in [0.1, 0.15) is 59.4 Å². The average Bonchev–Trinajstić information content (AvgIpc) is 2.37. The molecule has 0 aliphatic heterocycles. The molecule has 2 heteroatoms. The first-order valence-corrected chi connectivity index (χ1v) is 8.65. The predicted molar refractivity (Wildman–Crippen MR) is 91.4 cm³/mol. The molecule has 1 aromatic carbocycles. The SMILES string of the molecule is CC1CCC(C(C)(C)c2cccc(OC(C)C)c2)C(Cl)C1. The third kappa shape index (κ3) is 3.94. The fourth-order valence-electron chi connectivity index (χ4n) is 3.58. The maximum Gasteiger partial charge on any atom is 0.119 e. The van der Waals surface area contributed by atoms with Gasteiger partial charge in [0.2, 0.25) is 0 Å². The second-order valence-electron chi connectivity index (χ2n) is 7.46. The molecule has 1 aliphatic rings. The van der Waals surface area contributed by atoms with Gasteiger partial charge in [-0.1, -0.05) is 39.3 Å². The van der Waals surface area contributed by atoms with Crippen LogP contribution in [0.4, 0.5) is 0 Å². The van der Waals surface area contributed by atoms with E-state index in [1.54, 1.807) is 0 Å². The first-order chi connectivity index (χ1) is 9.80. The van der Waals surface area contributed by atoms with Gasteiger partial charge in [-0.25, -0.2) is 0 Å². The van der Waals surface area contributed by atoms with Crippen LogP contribution in [0.2, 0.25) is 0 Å². The summed E-state index contributed by atoms with van der Waals surface area (Å²) in [6, 6.07) is 8.56. The molecule has 1 aromatic rings. The minimum Gasteiger partial charge on any atom is -0.491 e. The number of hydrogen-bond acceptors (Lipinski definition) is 1. The summed E-state index contributed by atoms with van der Waals surface area (Å²) in [4.78, 5) is 0. The van der Waals surface area contributed by atoms with E-state index in [9.17, 15) is 0 Å². The highest BCUT2D eigenvalue weighted by Crippen LogP contribution is 2.45. The number of halogens is 1. The van der Waals surface area contributed by atoms with E-state index >= 15 is 0 Å². The Morgan fingerprint density at radius 2 is 1.95 bits per heavy atom. The van der Waals surface area contributed by atoms with Crippen LogP contribution in [-0.2, 0) is 5.41 Å². The predicted octanol–water partition coefficient (Wildman–Crippen LogP) is 5.80. The molecule has 0 heterocycles. The van der Waals surface area contributed by atoms with Crippen molar-refractivity contribution < 1.29 is 4.74 Å². The fourth-order valence-corrected chi connectivity index (χ4v) is 4.33. The molecule has 1 nitrogen and oxygen atoms in total. The van der Waals surface area contributed by atoms with E-state index < -0.39 is 0 Å². The summed E-state index contributed by atoms with van der Waals surface area (Å²) in [6.45, 7) is 11.1. The van der Waals surface area contributed by atoms with Gasteiger partial charge in [-0.3, -0.25) is 0 Å². The molecule has 0 aromatic heterocycles. The van der Waals surface area contributed by atoms with Crippen molar-refractivity contribution in [1.82, 2.24) is 0 Å². The highest BCUT2D eigenvalue weighted by molar-refractivity contribution is 6.20. The molecule has 0 radical (unpaired) electrons. The van der Waals surface area contributed by atoms with Gasteiger partial charge in [-0.15, -0.1) is 11.6 Å². The van der Waals surface area contributed by atoms with Gasteiger partial charge in [0.25, 0.3) is 0 Å². The van der Waals surface area contributed by atoms with Crippen LogP contribution >= 0.6 is 11.6 Å². The highest BCUT2D eigenvalue weighted by Gasteiger charge is 2.39. The summed E-state index contributed by atoms with van der Waals surface area (Å²) in [5, 5.41) is 0.276. The van der Waals surface area contributed by atoms with Crippen LogP contribution in [0.15, 0.2) is 24.3 Å². The molecular weight excluding hydrogens is 280 g/mol. The van der Waals surface area contributed by atoms with E-state index in [0.29, 0.717) is 5.92 Å². The first kappa shape index (κ1) is 16.7. The summed E-state index contributed by atoms with van der Waals surface area (Å²) in [5.74, 6) is 2.26. The third-order valence-electron chi connectivity index (χ3n) is 4.91. The summed E-state index contributed by atoms with van der Waals surface area (Å²) in [5.41, 5.74) is 1.42. The van der Waals surface area contributed by atoms with Gasteiger partial charge in [-0.2, -0.15) is 0 Å². The second-order valence-corrected chi connectivity index (χ2v) is 8.02. The van der Waals surface area contributed by atoms with Crippen LogP contribution in [0.25, 0.3) is 0 Å².